The van der Waals surface area contributed by atoms with Crippen LogP contribution in [0, 0.1) is 62.6 Å². The molecule has 5 saturated carbocycles. The Hall–Kier alpha value is -0.610. The first-order chi connectivity index (χ1) is 18.2. The SMILES string of the molecule is CC(CC[C@H]1OC(=O)[C@H](O)[C@@H]1O)[C@H]1CC[C@@]2(C)C1CC[C@]1(C)[C@@H]2CC[C@@H]2[C@@]3(C)CCCC(C)(C)[C@@H]3CC[C@]21C. The van der Waals surface area contributed by atoms with E-state index < -0.39 is 24.3 Å². The highest BCUT2D eigenvalue weighted by Crippen LogP contribution is 2.78. The molecule has 5 aliphatic carbocycles. The molecular weight excluding hydrogens is 484 g/mol. The number of fused-ring (bicyclic) bond motifs is 7. The van der Waals surface area contributed by atoms with Gasteiger partial charge < -0.3 is 14.9 Å². The highest BCUT2D eigenvalue weighted by Gasteiger charge is 2.70. The highest BCUT2D eigenvalue weighted by atomic mass is 16.6. The maximum Gasteiger partial charge on any atom is 0.338 e. The van der Waals surface area contributed by atoms with E-state index in [0.717, 1.165) is 36.0 Å². The van der Waals surface area contributed by atoms with Crippen LogP contribution >= 0.6 is 0 Å². The van der Waals surface area contributed by atoms with Crippen molar-refractivity contribution in [3.05, 3.63) is 0 Å². The molecule has 0 bridgehead atoms. The smallest absolute Gasteiger partial charge is 0.338 e. The molecule has 0 aromatic rings. The van der Waals surface area contributed by atoms with Crippen LogP contribution in [0.1, 0.15) is 132 Å². The van der Waals surface area contributed by atoms with E-state index in [1.807, 2.05) is 0 Å². The molecule has 0 amide bonds. The molecule has 222 valence electrons. The van der Waals surface area contributed by atoms with E-state index in [4.69, 9.17) is 4.74 Å². The van der Waals surface area contributed by atoms with E-state index in [1.54, 1.807) is 0 Å². The van der Waals surface area contributed by atoms with Gasteiger partial charge in [-0.25, -0.2) is 4.79 Å². The molecule has 2 unspecified atom stereocenters. The first kappa shape index (κ1) is 28.5. The van der Waals surface area contributed by atoms with Gasteiger partial charge in [0.05, 0.1) is 0 Å². The number of hydrogen-bond donors (Lipinski definition) is 2. The Kier molecular flexibility index (Phi) is 6.72. The number of hydrogen-bond acceptors (Lipinski definition) is 4. The lowest BCUT2D eigenvalue weighted by Gasteiger charge is -2.73. The number of cyclic esters (lactones) is 1. The summed E-state index contributed by atoms with van der Waals surface area (Å²) in [7, 11) is 0. The van der Waals surface area contributed by atoms with Crippen LogP contribution < -0.4 is 0 Å². The monoisotopic (exact) mass is 542 g/mol. The maximum absolute atomic E-state index is 11.7. The standard InChI is InChI=1S/C35H58O4/c1-21(9-10-24-28(36)29(37)30(38)39-24)22-13-18-32(4)23(22)14-19-34(6)26(32)11-12-27-33(5)17-8-16-31(2,3)25(33)15-20-35(27,34)7/h21-29,36-37H,8-20H2,1-7H3/t21?,22-,23?,24-,25+,26-,27-,28-,29-,32+,33+,34-,35-/m1/s1. The molecule has 0 aromatic heterocycles. The van der Waals surface area contributed by atoms with Crippen LogP contribution in [-0.4, -0.2) is 34.5 Å². The third kappa shape index (κ3) is 3.84. The van der Waals surface area contributed by atoms with E-state index in [0.29, 0.717) is 39.4 Å². The second-order valence-electron chi connectivity index (χ2n) is 17.3. The first-order valence-corrected chi connectivity index (χ1v) is 16.8. The number of rotatable bonds is 4. The Morgan fingerprint density at radius 1 is 0.795 bits per heavy atom. The molecule has 1 heterocycles. The molecule has 2 N–H and O–H groups in total. The van der Waals surface area contributed by atoms with Crippen molar-refractivity contribution in [2.75, 3.05) is 0 Å². The molecule has 6 aliphatic rings. The third-order valence-corrected chi connectivity index (χ3v) is 15.6. The van der Waals surface area contributed by atoms with E-state index >= 15 is 0 Å². The topological polar surface area (TPSA) is 66.8 Å². The summed E-state index contributed by atoms with van der Waals surface area (Å²) in [6, 6.07) is 0. The van der Waals surface area contributed by atoms with Gasteiger partial charge in [-0.05, 0) is 140 Å². The van der Waals surface area contributed by atoms with Crippen LogP contribution in [0.4, 0.5) is 0 Å². The summed E-state index contributed by atoms with van der Waals surface area (Å²) in [5.41, 5.74) is 2.33. The second-order valence-corrected chi connectivity index (χ2v) is 17.3. The van der Waals surface area contributed by atoms with Crippen molar-refractivity contribution in [1.82, 2.24) is 0 Å². The molecule has 0 spiro atoms. The minimum Gasteiger partial charge on any atom is -0.457 e. The minimum atomic E-state index is -1.37. The number of esters is 1. The lowest BCUT2D eigenvalue weighted by atomic mass is 9.32. The molecule has 1 aliphatic heterocycles. The van der Waals surface area contributed by atoms with Crippen LogP contribution in [0.2, 0.25) is 0 Å². The number of aliphatic hydroxyl groups excluding tert-OH is 2. The van der Waals surface area contributed by atoms with Crippen LogP contribution in [0.5, 0.6) is 0 Å². The zero-order chi connectivity index (χ0) is 28.2. The fourth-order valence-corrected chi connectivity index (χ4v) is 13.5. The predicted octanol–water partition coefficient (Wildman–Crippen LogP) is 7.54. The van der Waals surface area contributed by atoms with Crippen molar-refractivity contribution in [1.29, 1.82) is 0 Å². The quantitative estimate of drug-likeness (QED) is 0.360. The van der Waals surface area contributed by atoms with Gasteiger partial charge in [0, 0.05) is 0 Å². The summed E-state index contributed by atoms with van der Waals surface area (Å²) in [4.78, 5) is 11.7. The largest absolute Gasteiger partial charge is 0.457 e. The molecule has 6 fully saturated rings. The number of aliphatic hydroxyl groups is 2. The zero-order valence-electron chi connectivity index (χ0n) is 26.1. The van der Waals surface area contributed by atoms with Gasteiger partial charge in [-0.15, -0.1) is 0 Å². The predicted molar refractivity (Wildman–Crippen MR) is 155 cm³/mol. The lowest BCUT2D eigenvalue weighted by Crippen LogP contribution is -2.65. The molecular formula is C35H58O4. The van der Waals surface area contributed by atoms with Gasteiger partial charge in [0.25, 0.3) is 0 Å². The molecule has 6 rings (SSSR count). The summed E-state index contributed by atoms with van der Waals surface area (Å²) < 4.78 is 5.29. The number of ether oxygens (including phenoxy) is 1. The molecule has 13 atom stereocenters. The van der Waals surface area contributed by atoms with E-state index in [9.17, 15) is 15.0 Å². The molecule has 0 aromatic carbocycles. The Morgan fingerprint density at radius 2 is 1.44 bits per heavy atom. The summed E-state index contributed by atoms with van der Waals surface area (Å²) >= 11 is 0. The molecule has 4 nitrogen and oxygen atoms in total. The van der Waals surface area contributed by atoms with Crippen molar-refractivity contribution >= 4 is 5.97 Å². The summed E-state index contributed by atoms with van der Waals surface area (Å²) in [5, 5.41) is 20.1. The molecule has 0 radical (unpaired) electrons. The average molecular weight is 543 g/mol. The molecule has 39 heavy (non-hydrogen) atoms. The number of carbonyl (C=O) groups is 1. The van der Waals surface area contributed by atoms with E-state index in [2.05, 4.69) is 48.5 Å². The lowest BCUT2D eigenvalue weighted by molar-refractivity contribution is -0.241. The summed E-state index contributed by atoms with van der Waals surface area (Å²) in [6.07, 6.45) is 14.1. The van der Waals surface area contributed by atoms with Gasteiger partial charge in [0.1, 0.15) is 12.2 Å². The fraction of sp³-hybridized carbons (Fsp3) is 0.971. The van der Waals surface area contributed by atoms with Crippen molar-refractivity contribution in [3.8, 4) is 0 Å². The Morgan fingerprint density at radius 3 is 2.08 bits per heavy atom. The van der Waals surface area contributed by atoms with Crippen LogP contribution in [-0.2, 0) is 9.53 Å². The normalized spacial score (nSPS) is 55.2. The van der Waals surface area contributed by atoms with Gasteiger partial charge in [-0.1, -0.05) is 54.9 Å². The second kappa shape index (κ2) is 9.19. The Balaban J connectivity index is 1.20. The fourth-order valence-electron chi connectivity index (χ4n) is 13.5. The van der Waals surface area contributed by atoms with Gasteiger partial charge >= 0.3 is 5.97 Å². The highest BCUT2D eigenvalue weighted by molar-refractivity contribution is 5.77. The van der Waals surface area contributed by atoms with Crippen LogP contribution in [0.25, 0.3) is 0 Å². The number of carbonyl (C=O) groups excluding carboxylic acids is 1. The summed E-state index contributed by atoms with van der Waals surface area (Å²) in [5.74, 6) is 3.98. The van der Waals surface area contributed by atoms with Crippen LogP contribution in [0.15, 0.2) is 0 Å². The van der Waals surface area contributed by atoms with Gasteiger partial charge in [0.2, 0.25) is 0 Å². The molecule has 4 heteroatoms. The van der Waals surface area contributed by atoms with Crippen molar-refractivity contribution in [2.24, 2.45) is 62.6 Å². The Labute approximate surface area is 238 Å². The minimum absolute atomic E-state index is 0.430. The first-order valence-electron chi connectivity index (χ1n) is 16.8. The van der Waals surface area contributed by atoms with Crippen molar-refractivity contribution in [3.63, 3.8) is 0 Å². The third-order valence-electron chi connectivity index (χ3n) is 15.6. The summed E-state index contributed by atoms with van der Waals surface area (Å²) in [6.45, 7) is 18.5. The van der Waals surface area contributed by atoms with Crippen molar-refractivity contribution in [2.45, 2.75) is 150 Å². The van der Waals surface area contributed by atoms with Gasteiger partial charge in [-0.2, -0.15) is 0 Å². The van der Waals surface area contributed by atoms with E-state index in [-0.39, 0.29) is 0 Å². The average Bonchev–Trinajstić information content (AvgIpc) is 3.33. The van der Waals surface area contributed by atoms with Gasteiger partial charge in [-0.3, -0.25) is 0 Å². The van der Waals surface area contributed by atoms with Crippen molar-refractivity contribution < 1.29 is 19.7 Å². The van der Waals surface area contributed by atoms with Crippen LogP contribution in [0.3, 0.4) is 0 Å². The van der Waals surface area contributed by atoms with Gasteiger partial charge in [0.15, 0.2) is 6.10 Å². The zero-order valence-corrected chi connectivity index (χ0v) is 26.1. The Bertz CT molecular complexity index is 976. The van der Waals surface area contributed by atoms with E-state index in [1.165, 1.54) is 70.6 Å². The molecule has 1 saturated heterocycles. The maximum atomic E-state index is 11.7.